The van der Waals surface area contributed by atoms with E-state index in [4.69, 9.17) is 9.47 Å². The van der Waals surface area contributed by atoms with E-state index in [2.05, 4.69) is 44.1 Å². The van der Waals surface area contributed by atoms with Crippen molar-refractivity contribution in [3.05, 3.63) is 12.2 Å². The van der Waals surface area contributed by atoms with Crippen molar-refractivity contribution in [2.75, 3.05) is 39.6 Å². The van der Waals surface area contributed by atoms with Crippen LogP contribution in [0.2, 0.25) is 0 Å². The summed E-state index contributed by atoms with van der Waals surface area (Å²) in [6.45, 7) is 0.374. The number of phosphoric acid groups is 2. The predicted molar refractivity (Wildman–Crippen MR) is 215 cm³/mol. The van der Waals surface area contributed by atoms with Crippen molar-refractivity contribution in [2.24, 2.45) is 0 Å². The lowest BCUT2D eigenvalue weighted by atomic mass is 10.1. The Kier molecular flexibility index (Phi) is 36.0. The van der Waals surface area contributed by atoms with Crippen molar-refractivity contribution in [2.45, 2.75) is 186 Å². The maximum absolute atomic E-state index is 12.1. The van der Waals surface area contributed by atoms with Gasteiger partial charge in [-0.2, -0.15) is 0 Å². The fourth-order valence-corrected chi connectivity index (χ4v) is 6.97. The Morgan fingerprint density at radius 2 is 0.714 bits per heavy atom. The van der Waals surface area contributed by atoms with Gasteiger partial charge in [0.15, 0.2) is 0 Å². The summed E-state index contributed by atoms with van der Waals surface area (Å²) in [6.07, 6.45) is 25.0. The summed E-state index contributed by atoms with van der Waals surface area (Å²) in [7, 11) is -9.55. The predicted octanol–water partition coefficient (Wildman–Crippen LogP) is 8.38. The Labute approximate surface area is 336 Å². The van der Waals surface area contributed by atoms with Crippen LogP contribution < -0.4 is 0 Å². The van der Waals surface area contributed by atoms with Gasteiger partial charge in [0.2, 0.25) is 0 Å². The van der Waals surface area contributed by atoms with E-state index in [1.54, 1.807) is 0 Å². The quantitative estimate of drug-likeness (QED) is 0.0169. The van der Waals surface area contributed by atoms with E-state index >= 15 is 0 Å². The van der Waals surface area contributed by atoms with Gasteiger partial charge < -0.3 is 34.6 Å². The maximum Gasteiger partial charge on any atom is 0.472 e. The summed E-state index contributed by atoms with van der Waals surface area (Å²) in [6, 6.07) is 0. The molecule has 5 N–H and O–H groups in total. The number of phosphoric ester groups is 2. The molecule has 0 aromatic rings. The molecule has 0 aliphatic rings. The van der Waals surface area contributed by atoms with Crippen molar-refractivity contribution in [3.63, 3.8) is 0 Å². The molecule has 0 radical (unpaired) electrons. The summed E-state index contributed by atoms with van der Waals surface area (Å²) in [5, 5.41) is 29.9. The first-order valence-corrected chi connectivity index (χ1v) is 24.0. The number of aliphatic hydroxyl groups is 3. The summed E-state index contributed by atoms with van der Waals surface area (Å²) >= 11 is 0. The van der Waals surface area contributed by atoms with Crippen LogP contribution in [0.4, 0.5) is 0 Å². The summed E-state index contributed by atoms with van der Waals surface area (Å²) in [5.41, 5.74) is 0. The smallest absolute Gasteiger partial charge is 0.463 e. The van der Waals surface area contributed by atoms with Crippen LogP contribution in [0.5, 0.6) is 0 Å². The van der Waals surface area contributed by atoms with Gasteiger partial charge in [-0.3, -0.25) is 27.7 Å². The topological polar surface area (TPSA) is 225 Å². The van der Waals surface area contributed by atoms with Gasteiger partial charge in [-0.25, -0.2) is 9.13 Å². The van der Waals surface area contributed by atoms with Crippen LogP contribution in [-0.4, -0.2) is 95.0 Å². The Hall–Kier alpha value is -1.22. The Morgan fingerprint density at radius 3 is 1.05 bits per heavy atom. The number of esters is 2. The second-order valence-electron chi connectivity index (χ2n) is 14.4. The molecule has 56 heavy (non-hydrogen) atoms. The molecule has 0 aromatic heterocycles. The number of hydrogen-bond acceptors (Lipinski definition) is 13. The summed E-state index contributed by atoms with van der Waals surface area (Å²) in [4.78, 5) is 43.5. The van der Waals surface area contributed by atoms with Crippen LogP contribution in [0.3, 0.4) is 0 Å². The van der Waals surface area contributed by atoms with E-state index in [0.717, 1.165) is 44.9 Å². The maximum atomic E-state index is 12.1. The van der Waals surface area contributed by atoms with Crippen LogP contribution in [0.1, 0.15) is 168 Å². The van der Waals surface area contributed by atoms with Gasteiger partial charge in [0.05, 0.1) is 26.4 Å². The van der Waals surface area contributed by atoms with E-state index < -0.39 is 85.5 Å². The highest BCUT2D eigenvalue weighted by Gasteiger charge is 2.28. The van der Waals surface area contributed by atoms with Gasteiger partial charge in [-0.05, 0) is 38.5 Å². The first-order valence-electron chi connectivity index (χ1n) is 21.0. The van der Waals surface area contributed by atoms with Gasteiger partial charge in [0.25, 0.3) is 0 Å². The van der Waals surface area contributed by atoms with Crippen molar-refractivity contribution in [1.82, 2.24) is 0 Å². The highest BCUT2D eigenvalue weighted by molar-refractivity contribution is 7.47. The third-order valence-corrected chi connectivity index (χ3v) is 10.6. The molecule has 0 rings (SSSR count). The first kappa shape index (κ1) is 54.8. The zero-order valence-corrected chi connectivity index (χ0v) is 36.1. The van der Waals surface area contributed by atoms with Crippen molar-refractivity contribution in [3.8, 4) is 0 Å². The van der Waals surface area contributed by atoms with Crippen LogP contribution in [-0.2, 0) is 46.3 Å². The molecule has 0 bridgehead atoms. The second-order valence-corrected chi connectivity index (χ2v) is 17.3. The largest absolute Gasteiger partial charge is 0.472 e. The normalized spacial score (nSPS) is 15.6. The van der Waals surface area contributed by atoms with Gasteiger partial charge in [-0.1, -0.05) is 129 Å². The molecule has 0 aliphatic carbocycles. The standard InChI is InChI=1S/C39H76O15P2/c1-3-5-7-9-11-13-15-16-18-20-22-24-26-28-39(44)50-30-36(41)32-52-56(47,48)54-34-37(42)33-53-55(45,46)51-31-35(40)29-49-38(43)27-25-23-21-19-17-14-12-10-8-6-4-2/h16,18,35-37,40-42H,3-15,17,19-34H2,1-2H3,(H,45,46)(H,47,48)/b18-16-. The number of unbranched alkanes of at least 4 members (excludes halogenated alkanes) is 19. The second kappa shape index (κ2) is 36.8. The van der Waals surface area contributed by atoms with Gasteiger partial charge in [0.1, 0.15) is 31.5 Å². The van der Waals surface area contributed by atoms with Crippen molar-refractivity contribution < 1.29 is 71.4 Å². The average Bonchev–Trinajstić information content (AvgIpc) is 3.17. The Bertz CT molecular complexity index is 1080. The Morgan fingerprint density at radius 1 is 0.446 bits per heavy atom. The van der Waals surface area contributed by atoms with Gasteiger partial charge in [0, 0.05) is 12.8 Å². The van der Waals surface area contributed by atoms with Crippen LogP contribution in [0, 0.1) is 0 Å². The minimum Gasteiger partial charge on any atom is -0.463 e. The molecule has 0 aromatic carbocycles. The monoisotopic (exact) mass is 846 g/mol. The molecule has 0 saturated heterocycles. The molecule has 0 heterocycles. The summed E-state index contributed by atoms with van der Waals surface area (Å²) < 4.78 is 52.7. The number of allylic oxidation sites excluding steroid dienone is 2. The highest BCUT2D eigenvalue weighted by Crippen LogP contribution is 2.45. The van der Waals surface area contributed by atoms with E-state index in [1.165, 1.54) is 83.5 Å². The molecule has 0 saturated carbocycles. The highest BCUT2D eigenvalue weighted by atomic mass is 31.2. The molecular weight excluding hydrogens is 770 g/mol. The molecule has 5 atom stereocenters. The number of rotatable bonds is 41. The molecule has 0 fully saturated rings. The van der Waals surface area contributed by atoms with E-state index in [-0.39, 0.29) is 12.8 Å². The molecule has 5 unspecified atom stereocenters. The van der Waals surface area contributed by atoms with E-state index in [0.29, 0.717) is 12.8 Å². The lowest BCUT2D eigenvalue weighted by molar-refractivity contribution is -0.148. The third-order valence-electron chi connectivity index (χ3n) is 8.72. The third kappa shape index (κ3) is 38.3. The molecule has 0 aliphatic heterocycles. The van der Waals surface area contributed by atoms with E-state index in [1.807, 2.05) is 0 Å². The molecule has 0 amide bonds. The summed E-state index contributed by atoms with van der Waals surface area (Å²) in [5.74, 6) is -1.01. The number of carbonyl (C=O) groups excluding carboxylic acids is 2. The fourth-order valence-electron chi connectivity index (χ4n) is 5.38. The van der Waals surface area contributed by atoms with Crippen LogP contribution in [0.25, 0.3) is 0 Å². The minimum atomic E-state index is -4.78. The lowest BCUT2D eigenvalue weighted by Gasteiger charge is -2.19. The average molecular weight is 847 g/mol. The number of ether oxygens (including phenoxy) is 2. The molecule has 0 spiro atoms. The number of aliphatic hydroxyl groups excluding tert-OH is 3. The minimum absolute atomic E-state index is 0.179. The number of carbonyl (C=O) groups is 2. The SMILES string of the molecule is CCCCCCCC/C=C\CCCCCC(=O)OCC(O)COP(=O)(O)OCC(O)COP(=O)(O)OCC(O)COC(=O)CCCCCCCCCCCCC. The fraction of sp³-hybridized carbons (Fsp3) is 0.897. The van der Waals surface area contributed by atoms with Crippen LogP contribution >= 0.6 is 15.6 Å². The van der Waals surface area contributed by atoms with Crippen molar-refractivity contribution in [1.29, 1.82) is 0 Å². The van der Waals surface area contributed by atoms with E-state index in [9.17, 15) is 43.8 Å². The number of hydrogen-bond donors (Lipinski definition) is 5. The molecule has 332 valence electrons. The van der Waals surface area contributed by atoms with Crippen molar-refractivity contribution >= 4 is 27.6 Å². The molecular formula is C39H76O15P2. The lowest BCUT2D eigenvalue weighted by Crippen LogP contribution is -2.25. The first-order chi connectivity index (χ1) is 26.8. The van der Waals surface area contributed by atoms with Gasteiger partial charge >= 0.3 is 27.6 Å². The Balaban J connectivity index is 3.95. The van der Waals surface area contributed by atoms with Crippen LogP contribution in [0.15, 0.2) is 12.2 Å². The molecule has 15 nitrogen and oxygen atoms in total. The van der Waals surface area contributed by atoms with Gasteiger partial charge in [-0.15, -0.1) is 0 Å². The zero-order chi connectivity index (χ0) is 41.8. The molecule has 17 heteroatoms. The zero-order valence-electron chi connectivity index (χ0n) is 34.3.